The molecule has 1 amide bonds. The van der Waals surface area contributed by atoms with E-state index in [0.717, 1.165) is 29.3 Å². The lowest BCUT2D eigenvalue weighted by atomic mass is 9.95. The standard InChI is InChI=1S/C24H21FN2O4/c25-15-9-7-14(8-10-15)22(28)20-21(18-12-26-19-6-2-1-5-17(18)19)27(24(30)23(20)29)13-16-4-3-11-31-16/h1-2,5-10,12,16,21,26,28H,3-4,11,13H2/b22-20+. The number of H-pyrrole nitrogens is 1. The summed E-state index contributed by atoms with van der Waals surface area (Å²) in [5, 5.41) is 11.9. The molecular weight excluding hydrogens is 399 g/mol. The minimum absolute atomic E-state index is 0.000594. The topological polar surface area (TPSA) is 82.6 Å². The second kappa shape index (κ2) is 7.67. The van der Waals surface area contributed by atoms with Gasteiger partial charge in [-0.25, -0.2) is 4.39 Å². The number of likely N-dealkylation sites (tertiary alicyclic amines) is 1. The molecular formula is C24H21FN2O4. The Hall–Kier alpha value is -3.45. The van der Waals surface area contributed by atoms with Gasteiger partial charge >= 0.3 is 0 Å². The lowest BCUT2D eigenvalue weighted by molar-refractivity contribution is -0.140. The summed E-state index contributed by atoms with van der Waals surface area (Å²) in [6.07, 6.45) is 3.32. The Kier molecular flexibility index (Phi) is 4.82. The summed E-state index contributed by atoms with van der Waals surface area (Å²) < 4.78 is 19.1. The number of fused-ring (bicyclic) bond motifs is 1. The van der Waals surface area contributed by atoms with Crippen LogP contribution in [0.25, 0.3) is 16.7 Å². The SMILES string of the molecule is O=C1C(=O)N(CC2CCCO2)C(c2c[nH]c3ccccc23)/C1=C(\O)c1ccc(F)cc1. The summed E-state index contributed by atoms with van der Waals surface area (Å²) in [4.78, 5) is 30.8. The van der Waals surface area contributed by atoms with Gasteiger partial charge in [-0.3, -0.25) is 9.59 Å². The summed E-state index contributed by atoms with van der Waals surface area (Å²) in [6, 6.07) is 12.0. The highest BCUT2D eigenvalue weighted by molar-refractivity contribution is 6.46. The number of ketones is 1. The Morgan fingerprint density at radius 3 is 2.68 bits per heavy atom. The van der Waals surface area contributed by atoms with E-state index in [4.69, 9.17) is 4.74 Å². The normalized spacial score (nSPS) is 23.2. The van der Waals surface area contributed by atoms with Crippen LogP contribution in [0, 0.1) is 5.82 Å². The Morgan fingerprint density at radius 2 is 1.94 bits per heavy atom. The number of amides is 1. The first-order chi connectivity index (χ1) is 15.0. The van der Waals surface area contributed by atoms with Gasteiger partial charge in [-0.15, -0.1) is 0 Å². The molecule has 0 bridgehead atoms. The molecule has 3 aromatic rings. The number of halogens is 1. The minimum Gasteiger partial charge on any atom is -0.507 e. The van der Waals surface area contributed by atoms with Gasteiger partial charge in [0, 0.05) is 41.4 Å². The molecule has 6 nitrogen and oxygen atoms in total. The fraction of sp³-hybridized carbons (Fsp3) is 0.250. The number of aliphatic hydroxyl groups is 1. The van der Waals surface area contributed by atoms with Crippen molar-refractivity contribution in [3.63, 3.8) is 0 Å². The van der Waals surface area contributed by atoms with Crippen LogP contribution >= 0.6 is 0 Å². The molecule has 5 rings (SSSR count). The van der Waals surface area contributed by atoms with Crippen LogP contribution in [0.4, 0.5) is 4.39 Å². The molecule has 31 heavy (non-hydrogen) atoms. The lowest BCUT2D eigenvalue weighted by Gasteiger charge is -2.27. The highest BCUT2D eigenvalue weighted by Crippen LogP contribution is 2.42. The number of carbonyl (C=O) groups excluding carboxylic acids is 2. The maximum atomic E-state index is 13.4. The second-order valence-corrected chi connectivity index (χ2v) is 7.88. The number of Topliss-reactive ketones (excluding diaryl/α,β-unsaturated/α-hetero) is 1. The molecule has 3 heterocycles. The number of carbonyl (C=O) groups is 2. The van der Waals surface area contributed by atoms with E-state index in [1.165, 1.54) is 29.2 Å². The van der Waals surface area contributed by atoms with Gasteiger partial charge < -0.3 is 19.7 Å². The van der Waals surface area contributed by atoms with Gasteiger partial charge in [0.05, 0.1) is 17.7 Å². The highest BCUT2D eigenvalue weighted by Gasteiger charge is 2.47. The number of para-hydroxylation sites is 1. The quantitative estimate of drug-likeness (QED) is 0.381. The van der Waals surface area contributed by atoms with E-state index in [1.54, 1.807) is 6.20 Å². The average Bonchev–Trinajstić information content (AvgIpc) is 3.49. The van der Waals surface area contributed by atoms with E-state index < -0.39 is 23.5 Å². The number of aromatic amines is 1. The number of benzene rings is 2. The zero-order valence-electron chi connectivity index (χ0n) is 16.7. The predicted molar refractivity (Wildman–Crippen MR) is 113 cm³/mol. The molecule has 7 heteroatoms. The molecule has 2 aromatic carbocycles. The Balaban J connectivity index is 1.67. The highest BCUT2D eigenvalue weighted by atomic mass is 19.1. The van der Waals surface area contributed by atoms with E-state index in [9.17, 15) is 19.1 Å². The molecule has 0 radical (unpaired) electrons. The molecule has 2 aliphatic rings. The largest absolute Gasteiger partial charge is 0.507 e. The van der Waals surface area contributed by atoms with Crippen LogP contribution in [0.2, 0.25) is 0 Å². The summed E-state index contributed by atoms with van der Waals surface area (Å²) in [6.45, 7) is 0.886. The van der Waals surface area contributed by atoms with Crippen LogP contribution in [0.15, 0.2) is 60.3 Å². The van der Waals surface area contributed by atoms with Gasteiger partial charge in [-0.2, -0.15) is 0 Å². The average molecular weight is 420 g/mol. The van der Waals surface area contributed by atoms with E-state index in [1.807, 2.05) is 24.3 Å². The minimum atomic E-state index is -0.773. The van der Waals surface area contributed by atoms with Crippen LogP contribution in [-0.4, -0.2) is 45.9 Å². The van der Waals surface area contributed by atoms with Gasteiger partial charge in [0.2, 0.25) is 0 Å². The van der Waals surface area contributed by atoms with Crippen LogP contribution in [-0.2, 0) is 14.3 Å². The Morgan fingerprint density at radius 1 is 1.16 bits per heavy atom. The molecule has 2 fully saturated rings. The van der Waals surface area contributed by atoms with Crippen LogP contribution in [0.3, 0.4) is 0 Å². The van der Waals surface area contributed by atoms with Crippen molar-refractivity contribution in [2.75, 3.05) is 13.2 Å². The maximum Gasteiger partial charge on any atom is 0.295 e. The first kappa shape index (κ1) is 19.5. The van der Waals surface area contributed by atoms with Crippen molar-refractivity contribution >= 4 is 28.4 Å². The predicted octanol–water partition coefficient (Wildman–Crippen LogP) is 3.91. The Bertz CT molecular complexity index is 1190. The van der Waals surface area contributed by atoms with Crippen LogP contribution in [0.5, 0.6) is 0 Å². The zero-order chi connectivity index (χ0) is 21.5. The van der Waals surface area contributed by atoms with Crippen molar-refractivity contribution in [2.45, 2.75) is 25.0 Å². The zero-order valence-corrected chi connectivity index (χ0v) is 16.7. The molecule has 2 atom stereocenters. The molecule has 1 aromatic heterocycles. The van der Waals surface area contributed by atoms with Gasteiger partial charge in [0.15, 0.2) is 0 Å². The summed E-state index contributed by atoms with van der Waals surface area (Å²) in [7, 11) is 0. The fourth-order valence-corrected chi connectivity index (χ4v) is 4.48. The number of ether oxygens (including phenoxy) is 1. The molecule has 2 aliphatic heterocycles. The number of hydrogen-bond donors (Lipinski definition) is 2. The third kappa shape index (κ3) is 3.31. The van der Waals surface area contributed by atoms with Gasteiger partial charge in [0.1, 0.15) is 11.6 Å². The number of nitrogens with zero attached hydrogens (tertiary/aromatic N) is 1. The molecule has 0 saturated carbocycles. The molecule has 2 N–H and O–H groups in total. The number of hydrogen-bond acceptors (Lipinski definition) is 4. The summed E-state index contributed by atoms with van der Waals surface area (Å²) in [5.41, 5.74) is 1.86. The van der Waals surface area contributed by atoms with Gasteiger partial charge in [-0.1, -0.05) is 18.2 Å². The number of aromatic nitrogens is 1. The van der Waals surface area contributed by atoms with Crippen molar-refractivity contribution in [3.05, 3.63) is 77.2 Å². The van der Waals surface area contributed by atoms with E-state index in [0.29, 0.717) is 6.61 Å². The number of nitrogens with one attached hydrogen (secondary N) is 1. The van der Waals surface area contributed by atoms with Crippen LogP contribution < -0.4 is 0 Å². The van der Waals surface area contributed by atoms with E-state index in [-0.39, 0.29) is 29.5 Å². The lowest BCUT2D eigenvalue weighted by Crippen LogP contribution is -2.36. The number of rotatable bonds is 4. The van der Waals surface area contributed by atoms with Gasteiger partial charge in [-0.05, 0) is 43.2 Å². The monoisotopic (exact) mass is 420 g/mol. The third-order valence-corrected chi connectivity index (χ3v) is 6.00. The molecule has 0 spiro atoms. The molecule has 2 saturated heterocycles. The fourth-order valence-electron chi connectivity index (χ4n) is 4.48. The van der Waals surface area contributed by atoms with Crippen molar-refractivity contribution in [1.29, 1.82) is 0 Å². The first-order valence-electron chi connectivity index (χ1n) is 10.3. The van der Waals surface area contributed by atoms with Crippen molar-refractivity contribution in [2.24, 2.45) is 0 Å². The first-order valence-corrected chi connectivity index (χ1v) is 10.3. The smallest absolute Gasteiger partial charge is 0.295 e. The van der Waals surface area contributed by atoms with E-state index >= 15 is 0 Å². The molecule has 158 valence electrons. The second-order valence-electron chi connectivity index (χ2n) is 7.88. The molecule has 2 unspecified atom stereocenters. The maximum absolute atomic E-state index is 13.4. The van der Waals surface area contributed by atoms with Crippen molar-refractivity contribution in [3.8, 4) is 0 Å². The van der Waals surface area contributed by atoms with Crippen molar-refractivity contribution < 1.29 is 23.8 Å². The number of aliphatic hydroxyl groups excluding tert-OH is 1. The Labute approximate surface area is 177 Å². The van der Waals surface area contributed by atoms with Crippen molar-refractivity contribution in [1.82, 2.24) is 9.88 Å². The summed E-state index contributed by atoms with van der Waals surface area (Å²) in [5.74, 6) is -2.20. The summed E-state index contributed by atoms with van der Waals surface area (Å²) >= 11 is 0. The molecule has 0 aliphatic carbocycles. The van der Waals surface area contributed by atoms with Gasteiger partial charge in [0.25, 0.3) is 11.7 Å². The third-order valence-electron chi connectivity index (χ3n) is 6.00. The van der Waals surface area contributed by atoms with Crippen LogP contribution in [0.1, 0.15) is 30.0 Å². The van der Waals surface area contributed by atoms with E-state index in [2.05, 4.69) is 4.98 Å².